The molecule has 1 N–H and O–H groups in total. The van der Waals surface area contributed by atoms with Gasteiger partial charge in [0.2, 0.25) is 0 Å². The molecule has 2 aromatic rings. The van der Waals surface area contributed by atoms with Crippen LogP contribution in [0.15, 0.2) is 53.4 Å². The van der Waals surface area contributed by atoms with Gasteiger partial charge in [-0.3, -0.25) is 4.79 Å². The van der Waals surface area contributed by atoms with Crippen LogP contribution >= 0.6 is 12.4 Å². The maximum atomic E-state index is 12.9. The van der Waals surface area contributed by atoms with Crippen molar-refractivity contribution in [2.45, 2.75) is 36.0 Å². The summed E-state index contributed by atoms with van der Waals surface area (Å²) in [5, 5.41) is 10.7. The van der Waals surface area contributed by atoms with Gasteiger partial charge in [-0.1, -0.05) is 24.3 Å². The average molecular weight is 481 g/mol. The molecule has 0 spiro atoms. The topological polar surface area (TPSA) is 96.4 Å². The van der Waals surface area contributed by atoms with E-state index in [1.54, 1.807) is 18.2 Å². The Hall–Kier alpha value is -2.33. The van der Waals surface area contributed by atoms with Crippen molar-refractivity contribution in [3.63, 3.8) is 0 Å². The van der Waals surface area contributed by atoms with E-state index in [1.165, 1.54) is 6.07 Å². The lowest BCUT2D eigenvalue weighted by molar-refractivity contribution is -0.0292. The number of aliphatic hydroxyl groups is 1. The van der Waals surface area contributed by atoms with Gasteiger partial charge in [0.15, 0.2) is 17.6 Å². The maximum Gasteiger partial charge on any atom is 0.269 e. The number of β-amino-alcohol motifs (C(OH)–C–C–N with tert-alkyl or cyclic N) is 1. The second kappa shape index (κ2) is 8.90. The fourth-order valence-corrected chi connectivity index (χ4v) is 6.32. The Balaban J connectivity index is 0.00000245. The van der Waals surface area contributed by atoms with Gasteiger partial charge in [0.05, 0.1) is 11.6 Å². The number of benzene rings is 2. The number of sulfonamides is 1. The molecule has 0 saturated carbocycles. The van der Waals surface area contributed by atoms with Crippen LogP contribution in [0.25, 0.3) is 0 Å². The highest BCUT2D eigenvalue weighted by molar-refractivity contribution is 7.90. The minimum Gasteiger partial charge on any atom is -0.486 e. The lowest BCUT2D eigenvalue weighted by Gasteiger charge is -2.38. The molecule has 0 radical (unpaired) electrons. The van der Waals surface area contributed by atoms with Crippen LogP contribution in [0.4, 0.5) is 0 Å². The number of amides is 1. The average Bonchev–Trinajstić information content (AvgIpc) is 2.99. The fourth-order valence-electron chi connectivity index (χ4n) is 4.51. The first-order valence-corrected chi connectivity index (χ1v) is 11.9. The fraction of sp³-hybridized carbons (Fsp3) is 0.409. The normalized spacial score (nSPS) is 23.3. The molecule has 3 heterocycles. The second-order valence-corrected chi connectivity index (χ2v) is 9.90. The molecule has 0 aliphatic carbocycles. The third kappa shape index (κ3) is 3.94. The van der Waals surface area contributed by atoms with Crippen molar-refractivity contribution in [2.24, 2.45) is 0 Å². The van der Waals surface area contributed by atoms with Gasteiger partial charge in [-0.05, 0) is 37.1 Å². The van der Waals surface area contributed by atoms with Gasteiger partial charge in [0, 0.05) is 19.6 Å². The van der Waals surface area contributed by atoms with Gasteiger partial charge in [0.25, 0.3) is 15.9 Å². The lowest BCUT2D eigenvalue weighted by Crippen LogP contribution is -2.51. The van der Waals surface area contributed by atoms with Crippen LogP contribution in [0, 0.1) is 0 Å². The number of hydrogen-bond acceptors (Lipinski definition) is 7. The predicted octanol–water partition coefficient (Wildman–Crippen LogP) is 1.92. The summed E-state index contributed by atoms with van der Waals surface area (Å²) < 4.78 is 38.4. The van der Waals surface area contributed by atoms with E-state index in [4.69, 9.17) is 9.47 Å². The molecule has 10 heteroatoms. The Morgan fingerprint density at radius 1 is 1.03 bits per heavy atom. The molecule has 1 amide bonds. The van der Waals surface area contributed by atoms with E-state index < -0.39 is 28.1 Å². The minimum absolute atomic E-state index is 0. The summed E-state index contributed by atoms with van der Waals surface area (Å²) in [6, 6.07) is 13.3. The number of likely N-dealkylation sites (tertiary alicyclic amines) is 1. The van der Waals surface area contributed by atoms with Gasteiger partial charge in [-0.25, -0.2) is 12.7 Å². The summed E-state index contributed by atoms with van der Waals surface area (Å²) in [4.78, 5) is 14.9. The zero-order valence-electron chi connectivity index (χ0n) is 17.3. The van der Waals surface area contributed by atoms with Crippen LogP contribution in [0.2, 0.25) is 0 Å². The van der Waals surface area contributed by atoms with Gasteiger partial charge in [-0.2, -0.15) is 0 Å². The summed E-state index contributed by atoms with van der Waals surface area (Å²) in [6.45, 7) is 1.83. The number of para-hydroxylation sites is 2. The summed E-state index contributed by atoms with van der Waals surface area (Å²) in [7, 11) is -3.80. The maximum absolute atomic E-state index is 12.9. The Bertz CT molecular complexity index is 1100. The van der Waals surface area contributed by atoms with Crippen LogP contribution in [0.1, 0.15) is 23.2 Å². The number of hydrogen-bond donors (Lipinski definition) is 1. The number of rotatable bonds is 4. The number of carbonyl (C=O) groups is 1. The largest absolute Gasteiger partial charge is 0.486 e. The summed E-state index contributed by atoms with van der Waals surface area (Å²) in [6.07, 6.45) is -0.165. The third-order valence-electron chi connectivity index (χ3n) is 6.15. The molecule has 1 saturated heterocycles. The Morgan fingerprint density at radius 2 is 1.69 bits per heavy atom. The number of nitrogens with zero attached hydrogens (tertiary/aromatic N) is 2. The molecule has 2 atom stereocenters. The quantitative estimate of drug-likeness (QED) is 0.714. The van der Waals surface area contributed by atoms with E-state index in [0.717, 1.165) is 4.31 Å². The first-order chi connectivity index (χ1) is 14.9. The van der Waals surface area contributed by atoms with Crippen molar-refractivity contribution in [3.8, 4) is 11.5 Å². The molecular formula is C22H25ClN2O6S. The van der Waals surface area contributed by atoms with Crippen LogP contribution in [0.3, 0.4) is 0 Å². The van der Waals surface area contributed by atoms with E-state index in [2.05, 4.69) is 4.90 Å². The first-order valence-electron chi connectivity index (χ1n) is 10.4. The van der Waals surface area contributed by atoms with Gasteiger partial charge < -0.3 is 19.5 Å². The number of ether oxygens (including phenoxy) is 2. The van der Waals surface area contributed by atoms with E-state index in [0.29, 0.717) is 44.0 Å². The van der Waals surface area contributed by atoms with Gasteiger partial charge in [-0.15, -0.1) is 12.4 Å². The molecule has 172 valence electrons. The van der Waals surface area contributed by atoms with Crippen LogP contribution in [-0.4, -0.2) is 73.1 Å². The predicted molar refractivity (Wildman–Crippen MR) is 119 cm³/mol. The Labute approximate surface area is 193 Å². The van der Waals surface area contributed by atoms with Crippen molar-refractivity contribution in [2.75, 3.05) is 26.2 Å². The highest BCUT2D eigenvalue weighted by atomic mass is 35.5. The second-order valence-electron chi connectivity index (χ2n) is 8.12. The van der Waals surface area contributed by atoms with Crippen LogP contribution in [-0.2, 0) is 10.0 Å². The standard InChI is InChI=1S/C22H24N2O6S.ClH/c25-17(20-14-29-18-6-2-3-7-19(18)30-20)13-23-11-9-15(10-12-23)24-22(26)16-5-1-4-8-21(16)31(24,27)28;/h1-8,15,17,20,25H,9-14H2;1H. The monoisotopic (exact) mass is 480 g/mol. The molecule has 2 aromatic carbocycles. The minimum atomic E-state index is -3.80. The van der Waals surface area contributed by atoms with E-state index >= 15 is 0 Å². The first kappa shape index (κ1) is 22.8. The highest BCUT2D eigenvalue weighted by Crippen LogP contribution is 2.35. The molecule has 3 aliphatic rings. The van der Waals surface area contributed by atoms with Crippen molar-refractivity contribution in [1.29, 1.82) is 0 Å². The number of fused-ring (bicyclic) bond motifs is 2. The number of aliphatic hydroxyl groups excluding tert-OH is 1. The molecule has 0 bridgehead atoms. The number of piperidine rings is 1. The zero-order chi connectivity index (χ0) is 21.6. The molecular weight excluding hydrogens is 456 g/mol. The smallest absolute Gasteiger partial charge is 0.269 e. The highest BCUT2D eigenvalue weighted by Gasteiger charge is 2.45. The van der Waals surface area contributed by atoms with Crippen molar-refractivity contribution in [3.05, 3.63) is 54.1 Å². The van der Waals surface area contributed by atoms with Crippen LogP contribution < -0.4 is 9.47 Å². The summed E-state index contributed by atoms with van der Waals surface area (Å²) >= 11 is 0. The summed E-state index contributed by atoms with van der Waals surface area (Å²) in [5.41, 5.74) is 0.245. The number of carbonyl (C=O) groups excluding carboxylic acids is 1. The Morgan fingerprint density at radius 3 is 2.41 bits per heavy atom. The molecule has 2 unspecified atom stereocenters. The lowest BCUT2D eigenvalue weighted by atomic mass is 10.0. The molecule has 0 aromatic heterocycles. The molecule has 8 nitrogen and oxygen atoms in total. The molecule has 1 fully saturated rings. The summed E-state index contributed by atoms with van der Waals surface area (Å²) in [5.74, 6) is 0.846. The molecule has 32 heavy (non-hydrogen) atoms. The van der Waals surface area contributed by atoms with E-state index in [-0.39, 0.29) is 35.5 Å². The van der Waals surface area contributed by atoms with Crippen molar-refractivity contribution in [1.82, 2.24) is 9.21 Å². The molecule has 5 rings (SSSR count). The van der Waals surface area contributed by atoms with Crippen molar-refractivity contribution < 1.29 is 27.8 Å². The number of halogens is 1. The van der Waals surface area contributed by atoms with Gasteiger partial charge in [0.1, 0.15) is 17.6 Å². The van der Waals surface area contributed by atoms with E-state index in [9.17, 15) is 18.3 Å². The van der Waals surface area contributed by atoms with Crippen LogP contribution in [0.5, 0.6) is 11.5 Å². The van der Waals surface area contributed by atoms with E-state index in [1.807, 2.05) is 24.3 Å². The molecule has 3 aliphatic heterocycles. The zero-order valence-corrected chi connectivity index (χ0v) is 18.9. The van der Waals surface area contributed by atoms with Gasteiger partial charge >= 0.3 is 0 Å². The Kier molecular flexibility index (Phi) is 6.35. The SMILES string of the molecule is Cl.O=C1c2ccccc2S(=O)(=O)N1C1CCN(CC(O)C2COc3ccccc3O2)CC1. The van der Waals surface area contributed by atoms with Crippen molar-refractivity contribution >= 4 is 28.3 Å². The third-order valence-corrected chi connectivity index (χ3v) is 8.04.